The van der Waals surface area contributed by atoms with Gasteiger partial charge in [-0.1, -0.05) is 89.3 Å². The van der Waals surface area contributed by atoms with Crippen LogP contribution >= 0.6 is 0 Å². The van der Waals surface area contributed by atoms with Gasteiger partial charge in [0, 0.05) is 97.1 Å². The molecule has 32 heteroatoms. The molecule has 0 radical (unpaired) electrons. The van der Waals surface area contributed by atoms with Gasteiger partial charge in [-0.25, -0.2) is 24.4 Å². The van der Waals surface area contributed by atoms with Crippen molar-refractivity contribution < 1.29 is 115 Å². The second-order valence-corrected chi connectivity index (χ2v) is 34.6. The van der Waals surface area contributed by atoms with Crippen molar-refractivity contribution in [3.8, 4) is 11.3 Å². The number of Topliss-reactive ketones (excluding diaryl/α,β-unsaturated/α-hetero) is 2. The van der Waals surface area contributed by atoms with Crippen LogP contribution < -0.4 is 5.73 Å². The van der Waals surface area contributed by atoms with Crippen molar-refractivity contribution in [2.75, 3.05) is 146 Å². The quantitative estimate of drug-likeness (QED) is 0.0123. The smallest absolute Gasteiger partial charge is 0.329 e. The molecular formula is C95H138N8O24. The Labute approximate surface area is 746 Å². The number of ether oxygens (including phenoxy) is 14. The minimum atomic E-state index is -2.47. The molecule has 32 nitrogen and oxygen atoms in total. The van der Waals surface area contributed by atoms with Crippen molar-refractivity contribution in [3.63, 3.8) is 0 Å². The predicted molar refractivity (Wildman–Crippen MR) is 473 cm³/mol. The van der Waals surface area contributed by atoms with Gasteiger partial charge in [0.2, 0.25) is 11.7 Å². The number of cyclic esters (lactones) is 1. The Kier molecular flexibility index (Phi) is 40.9. The lowest BCUT2D eigenvalue weighted by Crippen LogP contribution is -2.61. The minimum Gasteiger partial charge on any atom is -0.460 e. The Hall–Kier alpha value is -8.16. The molecule has 5 N–H and O–H groups in total. The number of hydrogen-bond acceptors (Lipinski definition) is 29. The number of hydrogen-bond donors (Lipinski definition) is 4. The predicted octanol–water partition coefficient (Wildman–Crippen LogP) is 10.3. The van der Waals surface area contributed by atoms with E-state index in [0.29, 0.717) is 236 Å². The standard InChI is InChI=1S/C95H138N8O24/c1-61-18-13-12-14-19-62(2)80(113-9)56-74-27-22-67(7)95(112,127-74)90(109)93(110)102-32-16-15-20-76(102)94(111)126-81(57-77(104)63(3)51-66(6)88(108)89(115-11)87(107)65(5)50-61)64(4)52-69-24-28-79(82(54-69)114-10)125-84(106)21-17-34-116-36-38-118-40-42-120-44-46-122-48-49-123-47-45-121-43-41-119-39-37-117-35-31-83(105)101-33-30-71-53-70(23-25-73(71)59-101)58-103-92-85(91(96)97-60-98-92)86(100-103)72-26-29-78-75(55-72)99-68(8)124-78/h12-14,18-19,23,25-26,29,51,53,55,60-61,63-65,67,69,74,76-77,79-82,88-89,104,108,112H,15-17,20-22,24,27-28,30-50,52,54,56-59H2,1-11H3,(H2,96,97,98)/b14-12+,18-13+,62-19+,66-51+/t61-,63-,64?,65-,67-,69+,74+,76+,77?,79-,80+,81+,82?,88-,89+,95-/m1/s1. The molecule has 0 spiro atoms. The van der Waals surface area contributed by atoms with E-state index in [4.69, 9.17) is 81.6 Å². The van der Waals surface area contributed by atoms with E-state index in [0.717, 1.165) is 34.2 Å². The van der Waals surface area contributed by atoms with E-state index < -0.39 is 96.1 Å². The summed E-state index contributed by atoms with van der Waals surface area (Å²) in [6.45, 7) is 22.5. The van der Waals surface area contributed by atoms with Crippen LogP contribution in [-0.2, 0) is 115 Å². The summed E-state index contributed by atoms with van der Waals surface area (Å²) in [5, 5.41) is 41.6. The van der Waals surface area contributed by atoms with Crippen LogP contribution in [-0.4, -0.2) is 286 Å². The molecule has 5 aromatic rings. The topological polar surface area (TPSA) is 394 Å². The number of ketones is 2. The lowest BCUT2D eigenvalue weighted by molar-refractivity contribution is -0.265. The highest BCUT2D eigenvalue weighted by molar-refractivity contribution is 6.39. The zero-order valence-electron chi connectivity index (χ0n) is 76.2. The second-order valence-electron chi connectivity index (χ2n) is 34.6. The molecule has 7 heterocycles. The van der Waals surface area contributed by atoms with Crippen molar-refractivity contribution in [2.45, 2.75) is 232 Å². The summed E-state index contributed by atoms with van der Waals surface area (Å²) in [4.78, 5) is 101. The fraction of sp³-hybridized carbons (Fsp3) is 0.663. The van der Waals surface area contributed by atoms with Crippen molar-refractivity contribution >= 4 is 63.3 Å². The van der Waals surface area contributed by atoms with Gasteiger partial charge < -0.3 is 102 Å². The van der Waals surface area contributed by atoms with E-state index in [2.05, 4.69) is 33.2 Å². The molecule has 10 rings (SSSR count). The number of anilines is 1. The van der Waals surface area contributed by atoms with Crippen molar-refractivity contribution in [1.82, 2.24) is 34.5 Å². The summed E-state index contributed by atoms with van der Waals surface area (Å²) in [5.41, 5.74) is 14.6. The molecule has 3 unspecified atom stereocenters. The van der Waals surface area contributed by atoms with Crippen LogP contribution in [0.15, 0.2) is 94.7 Å². The Morgan fingerprint density at radius 3 is 2.03 bits per heavy atom. The van der Waals surface area contributed by atoms with E-state index in [1.807, 2.05) is 92.8 Å². The molecule has 702 valence electrons. The van der Waals surface area contributed by atoms with Gasteiger partial charge in [0.1, 0.15) is 53.8 Å². The normalized spacial score (nSPS) is 27.6. The Morgan fingerprint density at radius 1 is 0.685 bits per heavy atom. The van der Waals surface area contributed by atoms with E-state index in [-0.39, 0.29) is 67.6 Å². The fourth-order valence-corrected chi connectivity index (χ4v) is 17.5. The number of oxazole rings is 1. The molecule has 1 saturated carbocycles. The van der Waals surface area contributed by atoms with E-state index in [1.165, 1.54) is 23.9 Å². The van der Waals surface area contributed by atoms with Crippen LogP contribution in [0.5, 0.6) is 0 Å². The number of aliphatic hydroxyl groups is 3. The van der Waals surface area contributed by atoms with Gasteiger partial charge >= 0.3 is 11.9 Å². The molecule has 3 aromatic heterocycles. The summed E-state index contributed by atoms with van der Waals surface area (Å²) in [6.07, 6.45) is 12.9. The number of carbonyl (C=O) groups is 6. The largest absolute Gasteiger partial charge is 0.460 e. The number of benzene rings is 2. The number of amides is 2. The third kappa shape index (κ3) is 29.7. The number of aliphatic hydroxyl groups excluding tert-OH is 2. The van der Waals surface area contributed by atoms with Gasteiger partial charge in [-0.05, 0) is 155 Å². The minimum absolute atomic E-state index is 0.00491. The maximum atomic E-state index is 14.8. The fourth-order valence-electron chi connectivity index (χ4n) is 17.5. The van der Waals surface area contributed by atoms with Crippen molar-refractivity contribution in [1.29, 1.82) is 0 Å². The zero-order chi connectivity index (χ0) is 90.9. The van der Waals surface area contributed by atoms with E-state index in [1.54, 1.807) is 41.1 Å². The Morgan fingerprint density at radius 2 is 1.36 bits per heavy atom. The first-order valence-corrected chi connectivity index (χ1v) is 45.5. The van der Waals surface area contributed by atoms with Crippen LogP contribution in [0.3, 0.4) is 0 Å². The number of rotatable bonds is 38. The van der Waals surface area contributed by atoms with E-state index >= 15 is 0 Å². The van der Waals surface area contributed by atoms with Crippen LogP contribution in [0.25, 0.3) is 33.4 Å². The monoisotopic (exact) mass is 1770 g/mol. The first kappa shape index (κ1) is 101. The molecule has 2 aromatic carbocycles. The average molecular weight is 1780 g/mol. The van der Waals surface area contributed by atoms with Crippen LogP contribution in [0, 0.1) is 42.4 Å². The Bertz CT molecular complexity index is 4450. The first-order valence-electron chi connectivity index (χ1n) is 45.5. The molecular weight excluding hydrogens is 1640 g/mol. The molecule has 5 aliphatic rings. The molecule has 4 aliphatic heterocycles. The molecule has 3 fully saturated rings. The zero-order valence-corrected chi connectivity index (χ0v) is 76.2. The maximum Gasteiger partial charge on any atom is 0.329 e. The highest BCUT2D eigenvalue weighted by atomic mass is 16.6. The number of aromatic nitrogens is 5. The summed E-state index contributed by atoms with van der Waals surface area (Å²) in [7, 11) is 4.55. The highest BCUT2D eigenvalue weighted by Crippen LogP contribution is 2.40. The number of carbonyl (C=O) groups excluding carboxylic acids is 6. The molecule has 2 bridgehead atoms. The molecule has 2 saturated heterocycles. The van der Waals surface area contributed by atoms with Gasteiger partial charge in [-0.15, -0.1) is 0 Å². The number of fused-ring (bicyclic) bond motifs is 6. The molecule has 16 atom stereocenters. The van der Waals surface area contributed by atoms with Gasteiger partial charge in [0.25, 0.3) is 11.7 Å². The average Bonchev–Trinajstić information content (AvgIpc) is 1.55. The lowest BCUT2D eigenvalue weighted by Gasteiger charge is -2.43. The summed E-state index contributed by atoms with van der Waals surface area (Å²) in [5.74, 6) is -7.23. The van der Waals surface area contributed by atoms with E-state index in [9.17, 15) is 44.1 Å². The van der Waals surface area contributed by atoms with Gasteiger partial charge in [-0.2, -0.15) is 5.10 Å². The summed E-state index contributed by atoms with van der Waals surface area (Å²) in [6, 6.07) is 10.9. The van der Waals surface area contributed by atoms with Crippen LogP contribution in [0.1, 0.15) is 167 Å². The van der Waals surface area contributed by atoms with Crippen molar-refractivity contribution in [2.24, 2.45) is 35.5 Å². The number of piperidine rings is 1. The highest BCUT2D eigenvalue weighted by Gasteiger charge is 2.53. The third-order valence-electron chi connectivity index (χ3n) is 24.9. The summed E-state index contributed by atoms with van der Waals surface area (Å²) >= 11 is 0. The van der Waals surface area contributed by atoms with Crippen LogP contribution in [0.2, 0.25) is 0 Å². The number of nitrogens with zero attached hydrogens (tertiary/aromatic N) is 7. The molecule has 127 heavy (non-hydrogen) atoms. The molecule has 2 amide bonds. The summed E-state index contributed by atoms with van der Waals surface area (Å²) < 4.78 is 89.0. The first-order chi connectivity index (χ1) is 61.3. The van der Waals surface area contributed by atoms with Gasteiger partial charge in [0.05, 0.1) is 142 Å². The number of nitrogen functional groups attached to an aromatic ring is 1. The number of nitrogens with two attached hydrogens (primary N) is 1. The van der Waals surface area contributed by atoms with Crippen LogP contribution in [0.4, 0.5) is 5.82 Å². The van der Waals surface area contributed by atoms with Gasteiger partial charge in [0.15, 0.2) is 22.9 Å². The SMILES string of the molecule is COC1C[C@H](CC(C)[C@@H]2CC(O)[C@H](C)/C=C(\C)[C@@H](O)[C@@H](OC)C(=O)[C@H](C)C[C@H](C)/C=C/C=C/C=C(\C)[C@@H](OC)C[C@@H]3CC[C@@H](C)[C@@](O)(O3)C(=O)C(=O)N3CCCC[C@H]3C(=O)O2)CC[C@H]1OC(=O)CCCOCCOCCOCCOCCOCCOCCOCCOCCC(=O)N1CCc2cc(Cn3nc(-c4ccc5oc(C)nc5c4)c4c(N)ncnc43)ccc2C1. The Balaban J connectivity index is 0.552. The van der Waals surface area contributed by atoms with Gasteiger partial charge in [-0.3, -0.25) is 24.0 Å². The molecule has 1 aliphatic carbocycles. The number of allylic oxidation sites excluding steroid dienone is 5. The third-order valence-corrected chi connectivity index (χ3v) is 24.9. The number of aryl methyl sites for hydroxylation is 1. The number of methoxy groups -OCH3 is 3. The lowest BCUT2D eigenvalue weighted by atomic mass is 9.78. The maximum absolute atomic E-state index is 14.8. The second kappa shape index (κ2) is 51.4. The number of esters is 2. The van der Waals surface area contributed by atoms with Crippen molar-refractivity contribution in [3.05, 3.63) is 113 Å².